The van der Waals surface area contributed by atoms with Crippen molar-refractivity contribution in [3.05, 3.63) is 0 Å². The van der Waals surface area contributed by atoms with E-state index in [9.17, 15) is 4.79 Å². The highest BCUT2D eigenvalue weighted by atomic mass is 32.2. The maximum atomic E-state index is 11.8. The number of nitrogen functional groups attached to an aromatic ring is 2. The molecule has 0 atom stereocenters. The van der Waals surface area contributed by atoms with Crippen LogP contribution in [0.5, 0.6) is 0 Å². The van der Waals surface area contributed by atoms with Crippen LogP contribution in [0.4, 0.5) is 11.9 Å². The van der Waals surface area contributed by atoms with E-state index in [-0.39, 0.29) is 23.6 Å². The number of amides is 1. The molecule has 0 aliphatic heterocycles. The molecule has 5 N–H and O–H groups in total. The van der Waals surface area contributed by atoms with Crippen LogP contribution in [-0.4, -0.2) is 33.2 Å². The molecule has 110 valence electrons. The van der Waals surface area contributed by atoms with E-state index in [1.54, 1.807) is 0 Å². The quantitative estimate of drug-likeness (QED) is 0.688. The maximum absolute atomic E-state index is 11.8. The zero-order valence-electron chi connectivity index (χ0n) is 11.3. The Morgan fingerprint density at radius 1 is 1.15 bits per heavy atom. The van der Waals surface area contributed by atoms with Crippen molar-refractivity contribution in [2.24, 2.45) is 5.92 Å². The van der Waals surface area contributed by atoms with Crippen molar-refractivity contribution in [3.8, 4) is 0 Å². The second-order valence-electron chi connectivity index (χ2n) is 4.93. The summed E-state index contributed by atoms with van der Waals surface area (Å²) in [6, 6.07) is 0. The van der Waals surface area contributed by atoms with E-state index in [2.05, 4.69) is 20.3 Å². The molecule has 0 spiro atoms. The van der Waals surface area contributed by atoms with E-state index >= 15 is 0 Å². The third-order valence-corrected chi connectivity index (χ3v) is 4.14. The van der Waals surface area contributed by atoms with Gasteiger partial charge in [-0.1, -0.05) is 31.0 Å². The number of hydrogen-bond acceptors (Lipinski definition) is 7. The fourth-order valence-corrected chi connectivity index (χ4v) is 2.96. The van der Waals surface area contributed by atoms with Gasteiger partial charge in [-0.25, -0.2) is 0 Å². The molecule has 1 fully saturated rings. The molecule has 2 rings (SSSR count). The van der Waals surface area contributed by atoms with E-state index in [0.717, 1.165) is 6.54 Å². The maximum Gasteiger partial charge on any atom is 0.230 e. The number of anilines is 2. The first kappa shape index (κ1) is 14.8. The largest absolute Gasteiger partial charge is 0.368 e. The van der Waals surface area contributed by atoms with Crippen molar-refractivity contribution >= 4 is 29.6 Å². The predicted molar refractivity (Wildman–Crippen MR) is 79.0 cm³/mol. The molecule has 8 heteroatoms. The van der Waals surface area contributed by atoms with Crippen LogP contribution < -0.4 is 16.8 Å². The zero-order chi connectivity index (χ0) is 14.4. The number of rotatable bonds is 5. The molecule has 1 heterocycles. The summed E-state index contributed by atoms with van der Waals surface area (Å²) in [6.07, 6.45) is 6.31. The number of aromatic nitrogens is 3. The summed E-state index contributed by atoms with van der Waals surface area (Å²) in [7, 11) is 0. The second kappa shape index (κ2) is 7.28. The van der Waals surface area contributed by atoms with Crippen LogP contribution in [0.25, 0.3) is 0 Å². The highest BCUT2D eigenvalue weighted by molar-refractivity contribution is 7.99. The van der Waals surface area contributed by atoms with Gasteiger partial charge in [0.1, 0.15) is 0 Å². The van der Waals surface area contributed by atoms with Gasteiger partial charge < -0.3 is 16.8 Å². The highest BCUT2D eigenvalue weighted by Gasteiger charge is 2.14. The van der Waals surface area contributed by atoms with Crippen LogP contribution >= 0.6 is 11.8 Å². The van der Waals surface area contributed by atoms with E-state index in [0.29, 0.717) is 11.1 Å². The van der Waals surface area contributed by atoms with Gasteiger partial charge in [0.25, 0.3) is 0 Å². The second-order valence-corrected chi connectivity index (χ2v) is 5.87. The Balaban J connectivity index is 1.71. The lowest BCUT2D eigenvalue weighted by Crippen LogP contribution is -2.31. The molecular formula is C12H20N6OS. The monoisotopic (exact) mass is 296 g/mol. The average Bonchev–Trinajstić information content (AvgIpc) is 2.43. The van der Waals surface area contributed by atoms with Gasteiger partial charge in [0, 0.05) is 6.54 Å². The average molecular weight is 296 g/mol. The van der Waals surface area contributed by atoms with Crippen LogP contribution in [0.2, 0.25) is 0 Å². The number of thioether (sulfide) groups is 1. The Kier molecular flexibility index (Phi) is 5.40. The molecule has 7 nitrogen and oxygen atoms in total. The summed E-state index contributed by atoms with van der Waals surface area (Å²) < 4.78 is 0. The normalized spacial score (nSPS) is 16.0. The SMILES string of the molecule is Nc1nc(N)nc(SCC(=O)NCC2CCCCC2)n1. The molecule has 1 aromatic heterocycles. The van der Waals surface area contributed by atoms with Crippen molar-refractivity contribution < 1.29 is 4.79 Å². The van der Waals surface area contributed by atoms with Crippen molar-refractivity contribution in [2.45, 2.75) is 37.3 Å². The minimum atomic E-state index is -0.0156. The van der Waals surface area contributed by atoms with Crippen LogP contribution in [0.1, 0.15) is 32.1 Å². The van der Waals surface area contributed by atoms with E-state index < -0.39 is 0 Å². The van der Waals surface area contributed by atoms with Gasteiger partial charge in [-0.15, -0.1) is 0 Å². The van der Waals surface area contributed by atoms with Gasteiger partial charge in [0.2, 0.25) is 17.8 Å². The van der Waals surface area contributed by atoms with Crippen LogP contribution in [0.15, 0.2) is 5.16 Å². The summed E-state index contributed by atoms with van der Waals surface area (Å²) in [5.74, 6) is 1.01. The lowest BCUT2D eigenvalue weighted by atomic mass is 9.89. The minimum Gasteiger partial charge on any atom is -0.368 e. The fraction of sp³-hybridized carbons (Fsp3) is 0.667. The Hall–Kier alpha value is -1.57. The summed E-state index contributed by atoms with van der Waals surface area (Å²) in [6.45, 7) is 0.765. The lowest BCUT2D eigenvalue weighted by molar-refractivity contribution is -0.118. The highest BCUT2D eigenvalue weighted by Crippen LogP contribution is 2.22. The summed E-state index contributed by atoms with van der Waals surface area (Å²) in [5.41, 5.74) is 10.9. The van der Waals surface area contributed by atoms with Crippen LogP contribution in [-0.2, 0) is 4.79 Å². The summed E-state index contributed by atoms with van der Waals surface area (Å²) in [4.78, 5) is 23.3. The molecule has 1 aliphatic rings. The summed E-state index contributed by atoms with van der Waals surface area (Å²) >= 11 is 1.21. The van der Waals surface area contributed by atoms with Crippen LogP contribution in [0.3, 0.4) is 0 Å². The van der Waals surface area contributed by atoms with Crippen molar-refractivity contribution in [3.63, 3.8) is 0 Å². The van der Waals surface area contributed by atoms with Crippen molar-refractivity contribution in [1.82, 2.24) is 20.3 Å². The number of nitrogens with zero attached hydrogens (tertiary/aromatic N) is 3. The standard InChI is InChI=1S/C12H20N6OS/c13-10-16-11(14)18-12(17-10)20-7-9(19)15-6-8-4-2-1-3-5-8/h8H,1-7H2,(H,15,19)(H4,13,14,16,17,18). The Morgan fingerprint density at radius 3 is 2.45 bits per heavy atom. The molecule has 0 saturated heterocycles. The van der Waals surface area contributed by atoms with E-state index in [1.165, 1.54) is 43.9 Å². The van der Waals surface area contributed by atoms with Gasteiger partial charge in [-0.05, 0) is 18.8 Å². The first-order valence-electron chi connectivity index (χ1n) is 6.80. The fourth-order valence-electron chi connectivity index (χ4n) is 2.28. The molecule has 0 bridgehead atoms. The number of nitrogens with two attached hydrogens (primary N) is 2. The first-order chi connectivity index (χ1) is 9.63. The van der Waals surface area contributed by atoms with Gasteiger partial charge >= 0.3 is 0 Å². The first-order valence-corrected chi connectivity index (χ1v) is 7.78. The van der Waals surface area contributed by atoms with Gasteiger partial charge in [0.15, 0.2) is 5.16 Å². The van der Waals surface area contributed by atoms with Crippen LogP contribution in [0, 0.1) is 5.92 Å². The van der Waals surface area contributed by atoms with Gasteiger partial charge in [-0.3, -0.25) is 4.79 Å². The van der Waals surface area contributed by atoms with E-state index in [1.807, 2.05) is 0 Å². The number of nitrogens with one attached hydrogen (secondary N) is 1. The molecule has 1 aromatic rings. The molecule has 0 radical (unpaired) electrons. The molecule has 1 aliphatic carbocycles. The van der Waals surface area contributed by atoms with Gasteiger partial charge in [-0.2, -0.15) is 15.0 Å². The molecule has 0 unspecified atom stereocenters. The number of carbonyl (C=O) groups is 1. The topological polar surface area (TPSA) is 120 Å². The molecule has 1 saturated carbocycles. The lowest BCUT2D eigenvalue weighted by Gasteiger charge is -2.21. The van der Waals surface area contributed by atoms with E-state index in [4.69, 9.17) is 11.5 Å². The third kappa shape index (κ3) is 4.84. The molecule has 20 heavy (non-hydrogen) atoms. The third-order valence-electron chi connectivity index (χ3n) is 3.29. The van der Waals surface area contributed by atoms with Gasteiger partial charge in [0.05, 0.1) is 5.75 Å². The summed E-state index contributed by atoms with van der Waals surface area (Å²) in [5, 5.41) is 3.34. The minimum absolute atomic E-state index is 0.0156. The number of carbonyl (C=O) groups excluding carboxylic acids is 1. The predicted octanol–water partition coefficient (Wildman–Crippen LogP) is 0.825. The van der Waals surface area contributed by atoms with Crippen molar-refractivity contribution in [2.75, 3.05) is 23.8 Å². The Labute approximate surface area is 122 Å². The molecule has 1 amide bonds. The van der Waals surface area contributed by atoms with Crippen molar-refractivity contribution in [1.29, 1.82) is 0 Å². The number of hydrogen-bond donors (Lipinski definition) is 3. The smallest absolute Gasteiger partial charge is 0.230 e. The molecular weight excluding hydrogens is 276 g/mol. The molecule has 0 aromatic carbocycles. The Bertz CT molecular complexity index is 443. The zero-order valence-corrected chi connectivity index (χ0v) is 12.2. The Morgan fingerprint density at radius 2 is 1.80 bits per heavy atom.